The normalized spacial score (nSPS) is 10.2. The third-order valence-corrected chi connectivity index (χ3v) is 2.56. The summed E-state index contributed by atoms with van der Waals surface area (Å²) >= 11 is 0. The lowest BCUT2D eigenvalue weighted by Gasteiger charge is -2.17. The average molecular weight is 254 g/mol. The molecule has 0 aliphatic heterocycles. The van der Waals surface area contributed by atoms with Crippen LogP contribution in [0.25, 0.3) is 0 Å². The molecule has 0 aliphatic rings. The second kappa shape index (κ2) is 6.96. The molecule has 18 heavy (non-hydrogen) atoms. The Balaban J connectivity index is 2.49. The summed E-state index contributed by atoms with van der Waals surface area (Å²) < 4.78 is 18.5. The van der Waals surface area contributed by atoms with Gasteiger partial charge in [0.15, 0.2) is 18.2 Å². The summed E-state index contributed by atoms with van der Waals surface area (Å²) in [6.45, 7) is 2.78. The summed E-state index contributed by atoms with van der Waals surface area (Å²) in [5.74, 6) is -0.544. The number of likely N-dealkylation sites (N-methyl/N-ethyl adjacent to an activating group) is 1. The molecule has 100 valence electrons. The number of aryl methyl sites for hydroxylation is 1. The number of carbonyl (C=O) groups excluding carboxylic acids is 1. The molecule has 1 aromatic carbocycles. The standard InChI is InChI=1S/C13H19FN2O2/c1-10-4-5-11(14)12(8-10)18-9-13(17)16(2)7-3-6-15/h4-5,8H,3,6-7,9,15H2,1-2H3. The highest BCUT2D eigenvalue weighted by atomic mass is 19.1. The largest absolute Gasteiger partial charge is 0.481 e. The number of amides is 1. The SMILES string of the molecule is Cc1ccc(F)c(OCC(=O)N(C)CCCN)c1. The Hall–Kier alpha value is -1.62. The monoisotopic (exact) mass is 254 g/mol. The van der Waals surface area contributed by atoms with Crippen molar-refractivity contribution < 1.29 is 13.9 Å². The molecule has 0 fully saturated rings. The van der Waals surface area contributed by atoms with Crippen LogP contribution in [0.4, 0.5) is 4.39 Å². The van der Waals surface area contributed by atoms with Crippen LogP contribution in [0.1, 0.15) is 12.0 Å². The van der Waals surface area contributed by atoms with E-state index in [4.69, 9.17) is 10.5 Å². The first kappa shape index (κ1) is 14.4. The predicted octanol–water partition coefficient (Wildman–Crippen LogP) is 1.32. The van der Waals surface area contributed by atoms with Crippen LogP contribution >= 0.6 is 0 Å². The van der Waals surface area contributed by atoms with Crippen LogP contribution < -0.4 is 10.5 Å². The summed E-state index contributed by atoms with van der Waals surface area (Å²) in [7, 11) is 1.67. The molecule has 0 saturated heterocycles. The van der Waals surface area contributed by atoms with Crippen LogP contribution in [0, 0.1) is 12.7 Å². The van der Waals surface area contributed by atoms with Crippen LogP contribution in [-0.2, 0) is 4.79 Å². The van der Waals surface area contributed by atoms with E-state index in [2.05, 4.69) is 0 Å². The summed E-state index contributed by atoms with van der Waals surface area (Å²) in [5, 5.41) is 0. The summed E-state index contributed by atoms with van der Waals surface area (Å²) in [6.07, 6.45) is 0.737. The van der Waals surface area contributed by atoms with Gasteiger partial charge in [-0.1, -0.05) is 6.07 Å². The second-order valence-electron chi connectivity index (χ2n) is 4.18. The first-order valence-corrected chi connectivity index (χ1v) is 5.87. The van der Waals surface area contributed by atoms with E-state index in [9.17, 15) is 9.18 Å². The summed E-state index contributed by atoms with van der Waals surface area (Å²) in [6, 6.07) is 4.55. The van der Waals surface area contributed by atoms with Gasteiger partial charge in [0.05, 0.1) is 0 Å². The molecule has 0 aliphatic carbocycles. The van der Waals surface area contributed by atoms with Gasteiger partial charge in [-0.3, -0.25) is 4.79 Å². The molecule has 0 unspecified atom stereocenters. The third-order valence-electron chi connectivity index (χ3n) is 2.56. The fourth-order valence-electron chi connectivity index (χ4n) is 1.42. The number of nitrogens with zero attached hydrogens (tertiary/aromatic N) is 1. The van der Waals surface area contributed by atoms with Crippen molar-refractivity contribution in [1.29, 1.82) is 0 Å². The highest BCUT2D eigenvalue weighted by Crippen LogP contribution is 2.18. The van der Waals surface area contributed by atoms with Crippen molar-refractivity contribution in [2.24, 2.45) is 5.73 Å². The third kappa shape index (κ3) is 4.33. The molecule has 5 heteroatoms. The van der Waals surface area contributed by atoms with Gasteiger partial charge in [0, 0.05) is 13.6 Å². The number of rotatable bonds is 6. The van der Waals surface area contributed by atoms with Gasteiger partial charge in [-0.25, -0.2) is 4.39 Å². The molecule has 0 aromatic heterocycles. The Kier molecular flexibility index (Phi) is 5.58. The number of carbonyl (C=O) groups is 1. The molecule has 0 radical (unpaired) electrons. The van der Waals surface area contributed by atoms with Gasteiger partial charge in [-0.15, -0.1) is 0 Å². The second-order valence-corrected chi connectivity index (χ2v) is 4.18. The van der Waals surface area contributed by atoms with Crippen molar-refractivity contribution >= 4 is 5.91 Å². The van der Waals surface area contributed by atoms with E-state index in [-0.39, 0.29) is 18.3 Å². The number of halogens is 1. The fourth-order valence-corrected chi connectivity index (χ4v) is 1.42. The Labute approximate surface area is 107 Å². The van der Waals surface area contributed by atoms with E-state index in [0.29, 0.717) is 13.1 Å². The van der Waals surface area contributed by atoms with Crippen molar-refractivity contribution in [1.82, 2.24) is 4.90 Å². The first-order chi connectivity index (χ1) is 8.54. The molecular weight excluding hydrogens is 235 g/mol. The minimum Gasteiger partial charge on any atom is -0.481 e. The molecule has 4 nitrogen and oxygen atoms in total. The zero-order valence-electron chi connectivity index (χ0n) is 10.8. The zero-order valence-corrected chi connectivity index (χ0v) is 10.8. The van der Waals surface area contributed by atoms with E-state index in [1.807, 2.05) is 6.92 Å². The Morgan fingerprint density at radius 1 is 1.50 bits per heavy atom. The molecule has 2 N–H and O–H groups in total. The predicted molar refractivity (Wildman–Crippen MR) is 67.9 cm³/mol. The fraction of sp³-hybridized carbons (Fsp3) is 0.462. The zero-order chi connectivity index (χ0) is 13.5. The van der Waals surface area contributed by atoms with E-state index in [0.717, 1.165) is 12.0 Å². The smallest absolute Gasteiger partial charge is 0.260 e. The number of ether oxygens (including phenoxy) is 1. The molecule has 0 atom stereocenters. The lowest BCUT2D eigenvalue weighted by Crippen LogP contribution is -2.33. The first-order valence-electron chi connectivity index (χ1n) is 5.87. The Morgan fingerprint density at radius 2 is 2.22 bits per heavy atom. The molecule has 1 rings (SSSR count). The molecule has 0 bridgehead atoms. The number of benzene rings is 1. The van der Waals surface area contributed by atoms with Crippen molar-refractivity contribution in [3.05, 3.63) is 29.6 Å². The molecule has 0 spiro atoms. The van der Waals surface area contributed by atoms with Crippen LogP contribution in [0.15, 0.2) is 18.2 Å². The van der Waals surface area contributed by atoms with Crippen molar-refractivity contribution in [2.75, 3.05) is 26.7 Å². The topological polar surface area (TPSA) is 55.6 Å². The minimum atomic E-state index is -0.460. The maximum atomic E-state index is 13.4. The van der Waals surface area contributed by atoms with Crippen LogP contribution in [0.2, 0.25) is 0 Å². The van der Waals surface area contributed by atoms with E-state index in [1.165, 1.54) is 11.0 Å². The average Bonchev–Trinajstić information content (AvgIpc) is 2.36. The van der Waals surface area contributed by atoms with Crippen LogP contribution in [-0.4, -0.2) is 37.6 Å². The maximum Gasteiger partial charge on any atom is 0.260 e. The van der Waals surface area contributed by atoms with Gasteiger partial charge in [-0.05, 0) is 37.6 Å². The van der Waals surface area contributed by atoms with Gasteiger partial charge < -0.3 is 15.4 Å². The van der Waals surface area contributed by atoms with Crippen molar-refractivity contribution in [3.63, 3.8) is 0 Å². The van der Waals surface area contributed by atoms with Gasteiger partial charge in [0.2, 0.25) is 0 Å². The highest BCUT2D eigenvalue weighted by Gasteiger charge is 2.10. The lowest BCUT2D eigenvalue weighted by molar-refractivity contribution is -0.132. The molecular formula is C13H19FN2O2. The van der Waals surface area contributed by atoms with Crippen LogP contribution in [0.3, 0.4) is 0 Å². The van der Waals surface area contributed by atoms with E-state index >= 15 is 0 Å². The summed E-state index contributed by atoms with van der Waals surface area (Å²) in [4.78, 5) is 13.2. The van der Waals surface area contributed by atoms with Crippen molar-refractivity contribution in [3.8, 4) is 5.75 Å². The number of hydrogen-bond donors (Lipinski definition) is 1. The summed E-state index contributed by atoms with van der Waals surface area (Å²) in [5.41, 5.74) is 6.24. The highest BCUT2D eigenvalue weighted by molar-refractivity contribution is 5.77. The van der Waals surface area contributed by atoms with E-state index < -0.39 is 5.82 Å². The quantitative estimate of drug-likeness (QED) is 0.833. The Bertz CT molecular complexity index is 410. The minimum absolute atomic E-state index is 0.107. The van der Waals surface area contributed by atoms with Gasteiger partial charge in [0.25, 0.3) is 5.91 Å². The van der Waals surface area contributed by atoms with Gasteiger partial charge in [0.1, 0.15) is 0 Å². The molecule has 1 amide bonds. The van der Waals surface area contributed by atoms with Gasteiger partial charge >= 0.3 is 0 Å². The number of hydrogen-bond acceptors (Lipinski definition) is 3. The molecule has 1 aromatic rings. The molecule has 0 heterocycles. The Morgan fingerprint density at radius 3 is 2.89 bits per heavy atom. The molecule has 0 saturated carbocycles. The maximum absolute atomic E-state index is 13.4. The van der Waals surface area contributed by atoms with Crippen LogP contribution in [0.5, 0.6) is 5.75 Å². The van der Waals surface area contributed by atoms with E-state index in [1.54, 1.807) is 19.2 Å². The number of nitrogens with two attached hydrogens (primary N) is 1. The van der Waals surface area contributed by atoms with Crippen molar-refractivity contribution in [2.45, 2.75) is 13.3 Å². The van der Waals surface area contributed by atoms with Gasteiger partial charge in [-0.2, -0.15) is 0 Å². The lowest BCUT2D eigenvalue weighted by atomic mass is 10.2.